The van der Waals surface area contributed by atoms with Gasteiger partial charge in [-0.3, -0.25) is 9.59 Å². The van der Waals surface area contributed by atoms with Crippen molar-refractivity contribution in [2.75, 3.05) is 6.61 Å². The van der Waals surface area contributed by atoms with Crippen LogP contribution < -0.4 is 5.32 Å². The van der Waals surface area contributed by atoms with E-state index in [0.717, 1.165) is 5.56 Å². The van der Waals surface area contributed by atoms with E-state index in [-0.39, 0.29) is 16.7 Å². The second kappa shape index (κ2) is 8.65. The number of benzene rings is 2. The van der Waals surface area contributed by atoms with E-state index < -0.39 is 12.6 Å². The summed E-state index contributed by atoms with van der Waals surface area (Å²) in [7, 11) is 0. The first kappa shape index (κ1) is 19.0. The third-order valence-electron chi connectivity index (χ3n) is 3.31. The van der Waals surface area contributed by atoms with E-state index in [4.69, 9.17) is 27.9 Å². The molecule has 0 aliphatic rings. The topological polar surface area (TPSA) is 72.5 Å². The number of hydrogen-bond acceptors (Lipinski definition) is 4. The summed E-state index contributed by atoms with van der Waals surface area (Å²) in [6, 6.07) is 11.0. The summed E-state index contributed by atoms with van der Waals surface area (Å²) in [4.78, 5) is 34.9. The molecule has 0 atom stereocenters. The Morgan fingerprint density at radius 2 is 1.60 bits per heavy atom. The van der Waals surface area contributed by atoms with Crippen LogP contribution in [0, 0.1) is 0 Å². The van der Waals surface area contributed by atoms with Crippen molar-refractivity contribution in [3.63, 3.8) is 0 Å². The number of rotatable bonds is 6. The van der Waals surface area contributed by atoms with Gasteiger partial charge >= 0.3 is 5.97 Å². The lowest BCUT2D eigenvalue weighted by molar-refractivity contribution is -0.119. The molecule has 0 bridgehead atoms. The SMILES string of the molecule is CC(=O)NCc1ccc(C(=O)OCC(=O)c2ccc(Cl)c(Cl)c2)cc1. The number of halogens is 2. The zero-order valence-corrected chi connectivity index (χ0v) is 14.9. The first-order valence-electron chi connectivity index (χ1n) is 7.35. The van der Waals surface area contributed by atoms with Gasteiger partial charge in [-0.25, -0.2) is 4.79 Å². The molecular weight excluding hydrogens is 365 g/mol. The molecule has 0 aliphatic carbocycles. The Morgan fingerprint density at radius 3 is 2.20 bits per heavy atom. The molecule has 0 saturated heterocycles. The average molecular weight is 380 g/mol. The van der Waals surface area contributed by atoms with E-state index >= 15 is 0 Å². The molecule has 2 aromatic rings. The number of ether oxygens (including phenoxy) is 1. The minimum atomic E-state index is -0.612. The van der Waals surface area contributed by atoms with Gasteiger partial charge in [-0.1, -0.05) is 35.3 Å². The van der Waals surface area contributed by atoms with Crippen LogP contribution in [-0.4, -0.2) is 24.3 Å². The zero-order chi connectivity index (χ0) is 18.4. The molecule has 7 heteroatoms. The third-order valence-corrected chi connectivity index (χ3v) is 4.05. The molecule has 25 heavy (non-hydrogen) atoms. The lowest BCUT2D eigenvalue weighted by Crippen LogP contribution is -2.19. The van der Waals surface area contributed by atoms with Gasteiger partial charge in [-0.15, -0.1) is 0 Å². The summed E-state index contributed by atoms with van der Waals surface area (Å²) in [6.07, 6.45) is 0. The summed E-state index contributed by atoms with van der Waals surface area (Å²) in [5.41, 5.74) is 1.47. The van der Waals surface area contributed by atoms with Gasteiger partial charge in [-0.2, -0.15) is 0 Å². The second-order valence-electron chi connectivity index (χ2n) is 5.23. The van der Waals surface area contributed by atoms with Crippen LogP contribution in [0.3, 0.4) is 0 Å². The number of Topliss-reactive ketones (excluding diaryl/α,β-unsaturated/α-hetero) is 1. The molecule has 0 spiro atoms. The van der Waals surface area contributed by atoms with Crippen LogP contribution in [0.25, 0.3) is 0 Å². The summed E-state index contributed by atoms with van der Waals surface area (Å²) >= 11 is 11.7. The van der Waals surface area contributed by atoms with Crippen molar-refractivity contribution >= 4 is 40.9 Å². The fourth-order valence-electron chi connectivity index (χ4n) is 1.95. The molecule has 2 aromatic carbocycles. The highest BCUT2D eigenvalue weighted by molar-refractivity contribution is 6.42. The maximum atomic E-state index is 12.0. The number of esters is 1. The van der Waals surface area contributed by atoms with Crippen molar-refractivity contribution in [1.82, 2.24) is 5.32 Å². The van der Waals surface area contributed by atoms with Crippen LogP contribution >= 0.6 is 23.2 Å². The summed E-state index contributed by atoms with van der Waals surface area (Å²) in [5.74, 6) is -1.13. The second-order valence-corrected chi connectivity index (χ2v) is 6.05. The first-order valence-corrected chi connectivity index (χ1v) is 8.11. The Balaban J connectivity index is 1.92. The molecule has 0 unspecified atom stereocenters. The quantitative estimate of drug-likeness (QED) is 0.613. The molecule has 0 aromatic heterocycles. The first-order chi connectivity index (χ1) is 11.9. The van der Waals surface area contributed by atoms with Crippen LogP contribution in [0.4, 0.5) is 0 Å². The van der Waals surface area contributed by atoms with Crippen LogP contribution in [0.1, 0.15) is 33.2 Å². The normalized spacial score (nSPS) is 10.2. The minimum Gasteiger partial charge on any atom is -0.454 e. The molecule has 130 valence electrons. The van der Waals surface area contributed by atoms with E-state index in [0.29, 0.717) is 22.7 Å². The molecule has 5 nitrogen and oxygen atoms in total. The Morgan fingerprint density at radius 1 is 0.960 bits per heavy atom. The summed E-state index contributed by atoms with van der Waals surface area (Å²) < 4.78 is 5.02. The molecule has 0 fully saturated rings. The zero-order valence-electron chi connectivity index (χ0n) is 13.3. The van der Waals surface area contributed by atoms with Crippen molar-refractivity contribution < 1.29 is 19.1 Å². The van der Waals surface area contributed by atoms with E-state index in [1.165, 1.54) is 25.1 Å². The molecule has 1 amide bonds. The number of carbonyl (C=O) groups is 3. The van der Waals surface area contributed by atoms with Gasteiger partial charge in [0, 0.05) is 19.0 Å². The molecule has 0 radical (unpaired) electrons. The minimum absolute atomic E-state index is 0.135. The Labute approximate surface area is 154 Å². The molecule has 1 N–H and O–H groups in total. The van der Waals surface area contributed by atoms with Crippen molar-refractivity contribution in [2.45, 2.75) is 13.5 Å². The molecule has 0 heterocycles. The van der Waals surface area contributed by atoms with Crippen molar-refractivity contribution in [3.8, 4) is 0 Å². The van der Waals surface area contributed by atoms with Crippen LogP contribution in [-0.2, 0) is 16.1 Å². The average Bonchev–Trinajstić information content (AvgIpc) is 2.60. The summed E-state index contributed by atoms with van der Waals surface area (Å²) in [6.45, 7) is 1.40. The van der Waals surface area contributed by atoms with Crippen LogP contribution in [0.15, 0.2) is 42.5 Å². The lowest BCUT2D eigenvalue weighted by Gasteiger charge is -2.07. The van der Waals surface area contributed by atoms with E-state index in [1.54, 1.807) is 24.3 Å². The Bertz CT molecular complexity index is 803. The highest BCUT2D eigenvalue weighted by Gasteiger charge is 2.13. The highest BCUT2D eigenvalue weighted by atomic mass is 35.5. The van der Waals surface area contributed by atoms with E-state index in [1.807, 2.05) is 0 Å². The van der Waals surface area contributed by atoms with E-state index in [9.17, 15) is 14.4 Å². The van der Waals surface area contributed by atoms with Gasteiger partial charge in [-0.05, 0) is 35.9 Å². The molecular formula is C18H15Cl2NO4. The Kier molecular flexibility index (Phi) is 6.56. The fraction of sp³-hybridized carbons (Fsp3) is 0.167. The van der Waals surface area contributed by atoms with Crippen molar-refractivity contribution in [3.05, 3.63) is 69.2 Å². The predicted molar refractivity (Wildman–Crippen MR) is 95.0 cm³/mol. The monoisotopic (exact) mass is 379 g/mol. The molecule has 0 saturated carbocycles. The van der Waals surface area contributed by atoms with Gasteiger partial charge in [0.2, 0.25) is 5.91 Å². The number of hydrogen-bond donors (Lipinski definition) is 1. The van der Waals surface area contributed by atoms with Gasteiger partial charge < -0.3 is 10.1 Å². The number of nitrogens with one attached hydrogen (secondary N) is 1. The molecule has 2 rings (SSSR count). The van der Waals surface area contributed by atoms with Crippen molar-refractivity contribution in [2.24, 2.45) is 0 Å². The number of carbonyl (C=O) groups excluding carboxylic acids is 3. The third kappa shape index (κ3) is 5.59. The number of amides is 1. The highest BCUT2D eigenvalue weighted by Crippen LogP contribution is 2.22. The van der Waals surface area contributed by atoms with E-state index in [2.05, 4.69) is 5.32 Å². The Hall–Kier alpha value is -2.37. The van der Waals surface area contributed by atoms with Gasteiger partial charge in [0.15, 0.2) is 12.4 Å². The number of ketones is 1. The smallest absolute Gasteiger partial charge is 0.338 e. The van der Waals surface area contributed by atoms with Crippen molar-refractivity contribution in [1.29, 1.82) is 0 Å². The summed E-state index contributed by atoms with van der Waals surface area (Å²) in [5, 5.41) is 3.26. The largest absolute Gasteiger partial charge is 0.454 e. The standard InChI is InChI=1S/C18H15Cl2NO4/c1-11(22)21-9-12-2-4-13(5-3-12)18(24)25-10-17(23)14-6-7-15(19)16(20)8-14/h2-8H,9-10H2,1H3,(H,21,22). The van der Waals surface area contributed by atoms with Crippen LogP contribution in [0.2, 0.25) is 10.0 Å². The van der Waals surface area contributed by atoms with Gasteiger partial charge in [0.05, 0.1) is 15.6 Å². The van der Waals surface area contributed by atoms with Gasteiger partial charge in [0.1, 0.15) is 0 Å². The predicted octanol–water partition coefficient (Wildman–Crippen LogP) is 3.67. The van der Waals surface area contributed by atoms with Gasteiger partial charge in [0.25, 0.3) is 0 Å². The maximum absolute atomic E-state index is 12.0. The fourth-order valence-corrected chi connectivity index (χ4v) is 2.25. The molecule has 0 aliphatic heterocycles. The van der Waals surface area contributed by atoms with Crippen LogP contribution in [0.5, 0.6) is 0 Å². The maximum Gasteiger partial charge on any atom is 0.338 e. The lowest BCUT2D eigenvalue weighted by atomic mass is 10.1.